The van der Waals surface area contributed by atoms with Gasteiger partial charge in [-0.05, 0) is 18.9 Å². The Morgan fingerprint density at radius 3 is 2.58 bits per heavy atom. The molecule has 0 aliphatic carbocycles. The van der Waals surface area contributed by atoms with E-state index in [1.54, 1.807) is 7.05 Å². The van der Waals surface area contributed by atoms with Crippen LogP contribution >= 0.6 is 24.0 Å². The highest BCUT2D eigenvalue weighted by Gasteiger charge is 2.33. The Morgan fingerprint density at radius 2 is 2.00 bits per heavy atom. The molecule has 0 saturated carbocycles. The van der Waals surface area contributed by atoms with Crippen LogP contribution in [0.25, 0.3) is 0 Å². The van der Waals surface area contributed by atoms with Crippen molar-refractivity contribution < 1.29 is 9.47 Å². The van der Waals surface area contributed by atoms with E-state index < -0.39 is 0 Å². The zero-order valence-electron chi connectivity index (χ0n) is 14.9. The van der Waals surface area contributed by atoms with Gasteiger partial charge < -0.3 is 20.1 Å². The molecule has 1 fully saturated rings. The minimum Gasteiger partial charge on any atom is -0.380 e. The Bertz CT molecular complexity index is 492. The highest BCUT2D eigenvalue weighted by Crippen LogP contribution is 2.24. The minimum absolute atomic E-state index is 0. The number of guanidine groups is 1. The predicted octanol–water partition coefficient (Wildman–Crippen LogP) is 2.97. The number of hydrogen-bond acceptors (Lipinski definition) is 3. The van der Waals surface area contributed by atoms with Gasteiger partial charge in [0.25, 0.3) is 0 Å². The molecule has 24 heavy (non-hydrogen) atoms. The number of nitrogens with zero attached hydrogens (tertiary/aromatic N) is 1. The van der Waals surface area contributed by atoms with Crippen LogP contribution < -0.4 is 10.6 Å². The summed E-state index contributed by atoms with van der Waals surface area (Å²) in [5, 5.41) is 6.68. The molecule has 1 unspecified atom stereocenters. The molecule has 1 aromatic rings. The number of hydrogen-bond donors (Lipinski definition) is 2. The van der Waals surface area contributed by atoms with Gasteiger partial charge in [-0.3, -0.25) is 4.99 Å². The molecule has 2 rings (SSSR count). The van der Waals surface area contributed by atoms with Crippen LogP contribution in [-0.2, 0) is 9.47 Å². The van der Waals surface area contributed by atoms with E-state index in [2.05, 4.69) is 41.6 Å². The maximum Gasteiger partial charge on any atom is 0.191 e. The van der Waals surface area contributed by atoms with Gasteiger partial charge in [0.15, 0.2) is 5.96 Å². The average Bonchev–Trinajstić information content (AvgIpc) is 2.56. The molecule has 1 atom stereocenters. The van der Waals surface area contributed by atoms with Gasteiger partial charge in [-0.15, -0.1) is 24.0 Å². The first-order chi connectivity index (χ1) is 11.1. The lowest BCUT2D eigenvalue weighted by Gasteiger charge is -2.38. The fraction of sp³-hybridized carbons (Fsp3) is 0.611. The lowest BCUT2D eigenvalue weighted by atomic mass is 9.89. The molecule has 5 nitrogen and oxygen atoms in total. The van der Waals surface area contributed by atoms with Crippen molar-refractivity contribution >= 4 is 29.9 Å². The summed E-state index contributed by atoms with van der Waals surface area (Å²) in [5.74, 6) is 0.842. The fourth-order valence-electron chi connectivity index (χ4n) is 2.43. The quantitative estimate of drug-likeness (QED) is 0.279. The molecule has 6 heteroatoms. The van der Waals surface area contributed by atoms with Crippen LogP contribution in [0.1, 0.15) is 31.9 Å². The van der Waals surface area contributed by atoms with E-state index in [0.717, 1.165) is 45.3 Å². The summed E-state index contributed by atoms with van der Waals surface area (Å²) in [6.07, 6.45) is 1.07. The van der Waals surface area contributed by atoms with Crippen LogP contribution in [0.2, 0.25) is 0 Å². The van der Waals surface area contributed by atoms with Gasteiger partial charge in [0.05, 0.1) is 19.3 Å². The molecule has 0 aromatic heterocycles. The van der Waals surface area contributed by atoms with Gasteiger partial charge in [-0.25, -0.2) is 0 Å². The summed E-state index contributed by atoms with van der Waals surface area (Å²) in [5.41, 5.74) is 1.46. The Morgan fingerprint density at radius 1 is 1.29 bits per heavy atom. The third-order valence-electron chi connectivity index (χ3n) is 4.06. The van der Waals surface area contributed by atoms with E-state index >= 15 is 0 Å². The summed E-state index contributed by atoms with van der Waals surface area (Å²) in [6.45, 7) is 8.40. The second-order valence-electron chi connectivity index (χ2n) is 6.43. The maximum atomic E-state index is 5.87. The highest BCUT2D eigenvalue weighted by atomic mass is 127. The standard InChI is InChI=1S/C18H29N3O2.HI/c1-15(16-8-5-4-6-9-16)23-11-7-10-20-17(19-3)21-12-18(2)13-22-14-18;/h4-6,8-9,15H,7,10-14H2,1-3H3,(H2,19,20,21);1H. The van der Waals surface area contributed by atoms with Crippen LogP contribution in [0.3, 0.4) is 0 Å². The smallest absolute Gasteiger partial charge is 0.191 e. The minimum atomic E-state index is 0. The summed E-state index contributed by atoms with van der Waals surface area (Å²) < 4.78 is 11.1. The number of aliphatic imine (C=N–C) groups is 1. The SMILES string of the molecule is CN=C(NCCCOC(C)c1ccccc1)NCC1(C)COC1.I. The van der Waals surface area contributed by atoms with Gasteiger partial charge in [0.1, 0.15) is 0 Å². The zero-order valence-corrected chi connectivity index (χ0v) is 17.2. The largest absolute Gasteiger partial charge is 0.380 e. The van der Waals surface area contributed by atoms with E-state index in [4.69, 9.17) is 9.47 Å². The first-order valence-corrected chi connectivity index (χ1v) is 8.32. The van der Waals surface area contributed by atoms with Crippen molar-refractivity contribution in [2.24, 2.45) is 10.4 Å². The van der Waals surface area contributed by atoms with E-state index in [1.807, 2.05) is 18.2 Å². The number of benzene rings is 1. The summed E-state index contributed by atoms with van der Waals surface area (Å²) in [6, 6.07) is 10.3. The molecule has 1 heterocycles. The van der Waals surface area contributed by atoms with Gasteiger partial charge in [-0.1, -0.05) is 37.3 Å². The molecule has 0 radical (unpaired) electrons. The highest BCUT2D eigenvalue weighted by molar-refractivity contribution is 14.0. The molecule has 1 aromatic carbocycles. The second-order valence-corrected chi connectivity index (χ2v) is 6.43. The van der Waals surface area contributed by atoms with Crippen molar-refractivity contribution in [3.8, 4) is 0 Å². The van der Waals surface area contributed by atoms with Crippen LogP contribution in [0, 0.1) is 5.41 Å². The third-order valence-corrected chi connectivity index (χ3v) is 4.06. The number of halogens is 1. The zero-order chi connectivity index (χ0) is 16.5. The van der Waals surface area contributed by atoms with Crippen molar-refractivity contribution in [1.82, 2.24) is 10.6 Å². The number of nitrogens with one attached hydrogen (secondary N) is 2. The second kappa shape index (κ2) is 10.9. The summed E-state index contributed by atoms with van der Waals surface area (Å²) in [7, 11) is 1.79. The number of rotatable bonds is 8. The molecule has 0 spiro atoms. The topological polar surface area (TPSA) is 54.9 Å². The third kappa shape index (κ3) is 6.94. The van der Waals surface area contributed by atoms with E-state index in [9.17, 15) is 0 Å². The molecule has 1 aliphatic rings. The van der Waals surface area contributed by atoms with Gasteiger partial charge in [-0.2, -0.15) is 0 Å². The first kappa shape index (κ1) is 21.2. The molecule has 2 N–H and O–H groups in total. The molecule has 0 bridgehead atoms. The summed E-state index contributed by atoms with van der Waals surface area (Å²) in [4.78, 5) is 4.24. The monoisotopic (exact) mass is 447 g/mol. The van der Waals surface area contributed by atoms with E-state index in [1.165, 1.54) is 5.56 Å². The van der Waals surface area contributed by atoms with Crippen molar-refractivity contribution in [2.75, 3.05) is 40.0 Å². The first-order valence-electron chi connectivity index (χ1n) is 8.32. The molecule has 1 saturated heterocycles. The van der Waals surface area contributed by atoms with E-state index in [0.29, 0.717) is 0 Å². The Kier molecular flexibility index (Phi) is 9.61. The predicted molar refractivity (Wildman–Crippen MR) is 109 cm³/mol. The van der Waals surface area contributed by atoms with Crippen molar-refractivity contribution in [3.05, 3.63) is 35.9 Å². The fourth-order valence-corrected chi connectivity index (χ4v) is 2.43. The van der Waals surface area contributed by atoms with Crippen LogP contribution in [0.4, 0.5) is 0 Å². The van der Waals surface area contributed by atoms with Crippen LogP contribution in [0.5, 0.6) is 0 Å². The molecule has 136 valence electrons. The Balaban J connectivity index is 0.00000288. The van der Waals surface area contributed by atoms with Crippen molar-refractivity contribution in [2.45, 2.75) is 26.4 Å². The normalized spacial score (nSPS) is 17.4. The van der Waals surface area contributed by atoms with E-state index in [-0.39, 0.29) is 35.5 Å². The van der Waals surface area contributed by atoms with Gasteiger partial charge >= 0.3 is 0 Å². The Labute approximate surface area is 162 Å². The number of ether oxygens (including phenoxy) is 2. The lowest BCUT2D eigenvalue weighted by molar-refractivity contribution is -0.0971. The van der Waals surface area contributed by atoms with Gasteiger partial charge in [0, 0.05) is 32.2 Å². The lowest BCUT2D eigenvalue weighted by Crippen LogP contribution is -2.51. The molecular formula is C18H30IN3O2. The molecule has 0 amide bonds. The van der Waals surface area contributed by atoms with Crippen LogP contribution in [-0.4, -0.2) is 45.9 Å². The molecular weight excluding hydrogens is 417 g/mol. The van der Waals surface area contributed by atoms with Gasteiger partial charge in [0.2, 0.25) is 0 Å². The Hall–Kier alpha value is -0.860. The van der Waals surface area contributed by atoms with Crippen LogP contribution in [0.15, 0.2) is 35.3 Å². The maximum absolute atomic E-state index is 5.87. The average molecular weight is 447 g/mol. The van der Waals surface area contributed by atoms with Crippen molar-refractivity contribution in [1.29, 1.82) is 0 Å². The molecule has 1 aliphatic heterocycles. The van der Waals surface area contributed by atoms with Crippen molar-refractivity contribution in [3.63, 3.8) is 0 Å². The summed E-state index contributed by atoms with van der Waals surface area (Å²) >= 11 is 0.